The first-order valence-corrected chi connectivity index (χ1v) is 12.1. The van der Waals surface area contributed by atoms with Gasteiger partial charge in [-0.05, 0) is 61.6 Å². The van der Waals surface area contributed by atoms with E-state index in [9.17, 15) is 14.0 Å². The molecule has 176 valence electrons. The Labute approximate surface area is 203 Å². The van der Waals surface area contributed by atoms with Gasteiger partial charge in [0.1, 0.15) is 5.82 Å². The Bertz CT molecular complexity index is 1030. The van der Waals surface area contributed by atoms with Gasteiger partial charge in [0.25, 0.3) is 5.91 Å². The van der Waals surface area contributed by atoms with Gasteiger partial charge in [0, 0.05) is 37.4 Å². The molecule has 2 aliphatic rings. The van der Waals surface area contributed by atoms with Crippen LogP contribution < -0.4 is 5.32 Å². The summed E-state index contributed by atoms with van der Waals surface area (Å²) in [5.41, 5.74) is 1.52. The Morgan fingerprint density at radius 2 is 1.70 bits per heavy atom. The lowest BCUT2D eigenvalue weighted by Crippen LogP contribution is -2.56. The van der Waals surface area contributed by atoms with Gasteiger partial charge >= 0.3 is 0 Å². The summed E-state index contributed by atoms with van der Waals surface area (Å²) in [5.74, 6) is -0.267. The van der Waals surface area contributed by atoms with Gasteiger partial charge < -0.3 is 10.2 Å². The molecule has 2 amide bonds. The van der Waals surface area contributed by atoms with Crippen molar-refractivity contribution in [3.63, 3.8) is 0 Å². The predicted molar refractivity (Wildman–Crippen MR) is 129 cm³/mol. The second-order valence-electron chi connectivity index (χ2n) is 8.90. The summed E-state index contributed by atoms with van der Waals surface area (Å²) in [6, 6.07) is 9.37. The van der Waals surface area contributed by atoms with Crippen LogP contribution in [0.25, 0.3) is 0 Å². The lowest BCUT2D eigenvalue weighted by atomic mass is 9.94. The largest absolute Gasteiger partial charge is 0.336 e. The van der Waals surface area contributed by atoms with Crippen LogP contribution in [-0.4, -0.2) is 53.8 Å². The van der Waals surface area contributed by atoms with E-state index in [2.05, 4.69) is 10.2 Å². The Morgan fingerprint density at radius 1 is 1.00 bits per heavy atom. The molecule has 0 aromatic heterocycles. The van der Waals surface area contributed by atoms with Crippen molar-refractivity contribution < 1.29 is 14.0 Å². The van der Waals surface area contributed by atoms with E-state index in [1.807, 2.05) is 0 Å². The van der Waals surface area contributed by atoms with Crippen LogP contribution in [0.4, 0.5) is 10.1 Å². The zero-order chi connectivity index (χ0) is 23.5. The number of amides is 2. The number of nitrogens with zero attached hydrogens (tertiary/aromatic N) is 2. The first-order valence-electron chi connectivity index (χ1n) is 11.4. The molecule has 1 atom stereocenters. The molecular formula is C25H28Cl2FN3O2. The van der Waals surface area contributed by atoms with Gasteiger partial charge in [-0.1, -0.05) is 42.1 Å². The van der Waals surface area contributed by atoms with Crippen LogP contribution in [0.2, 0.25) is 10.0 Å². The molecule has 1 N–H and O–H groups in total. The molecule has 1 unspecified atom stereocenters. The highest BCUT2D eigenvalue weighted by Crippen LogP contribution is 2.32. The van der Waals surface area contributed by atoms with Gasteiger partial charge in [-0.3, -0.25) is 14.5 Å². The molecule has 1 heterocycles. The molecule has 4 rings (SSSR count). The smallest absolute Gasteiger partial charge is 0.253 e. The quantitative estimate of drug-likeness (QED) is 0.609. The van der Waals surface area contributed by atoms with Gasteiger partial charge in [0.05, 0.1) is 16.1 Å². The van der Waals surface area contributed by atoms with E-state index in [1.165, 1.54) is 6.07 Å². The van der Waals surface area contributed by atoms with Crippen molar-refractivity contribution in [3.05, 3.63) is 63.4 Å². The predicted octanol–water partition coefficient (Wildman–Crippen LogP) is 5.40. The van der Waals surface area contributed by atoms with Crippen molar-refractivity contribution in [2.24, 2.45) is 5.92 Å². The van der Waals surface area contributed by atoms with Crippen molar-refractivity contribution in [3.8, 4) is 0 Å². The molecule has 2 fully saturated rings. The van der Waals surface area contributed by atoms with Crippen molar-refractivity contribution in [2.45, 2.75) is 38.6 Å². The Kier molecular flexibility index (Phi) is 7.57. The Morgan fingerprint density at radius 3 is 2.33 bits per heavy atom. The summed E-state index contributed by atoms with van der Waals surface area (Å²) in [6.45, 7) is 3.94. The lowest BCUT2D eigenvalue weighted by molar-refractivity contribution is -0.123. The molecule has 33 heavy (non-hydrogen) atoms. The van der Waals surface area contributed by atoms with Crippen molar-refractivity contribution in [1.82, 2.24) is 9.80 Å². The van der Waals surface area contributed by atoms with Crippen molar-refractivity contribution >= 4 is 40.7 Å². The number of aryl methyl sites for hydroxylation is 1. The first-order chi connectivity index (χ1) is 15.8. The number of halogens is 3. The number of hydrogen-bond donors (Lipinski definition) is 1. The second-order valence-corrected chi connectivity index (χ2v) is 9.71. The number of anilines is 1. The third-order valence-corrected chi connectivity index (χ3v) is 7.45. The zero-order valence-electron chi connectivity index (χ0n) is 18.6. The van der Waals surface area contributed by atoms with E-state index in [-0.39, 0.29) is 29.6 Å². The number of carbonyl (C=O) groups excluding carboxylic acids is 2. The lowest BCUT2D eigenvalue weighted by Gasteiger charge is -2.40. The normalized spacial score (nSPS) is 18.4. The van der Waals surface area contributed by atoms with E-state index >= 15 is 0 Å². The maximum absolute atomic E-state index is 14.0. The summed E-state index contributed by atoms with van der Waals surface area (Å²) < 4.78 is 14.0. The van der Waals surface area contributed by atoms with E-state index in [1.54, 1.807) is 42.2 Å². The zero-order valence-corrected chi connectivity index (χ0v) is 20.1. The Balaban J connectivity index is 1.44. The van der Waals surface area contributed by atoms with Crippen LogP contribution in [0.1, 0.15) is 41.6 Å². The summed E-state index contributed by atoms with van der Waals surface area (Å²) in [7, 11) is 0. The van der Waals surface area contributed by atoms with Gasteiger partial charge in [-0.15, -0.1) is 0 Å². The fourth-order valence-corrected chi connectivity index (χ4v) is 5.15. The van der Waals surface area contributed by atoms with E-state index < -0.39 is 0 Å². The number of piperazine rings is 1. The molecule has 0 bridgehead atoms. The fourth-order valence-electron chi connectivity index (χ4n) is 4.85. The highest BCUT2D eigenvalue weighted by molar-refractivity contribution is 6.42. The van der Waals surface area contributed by atoms with Crippen LogP contribution >= 0.6 is 23.2 Å². The minimum absolute atomic E-state index is 0.0924. The highest BCUT2D eigenvalue weighted by Gasteiger charge is 2.37. The Hall–Kier alpha value is -2.15. The summed E-state index contributed by atoms with van der Waals surface area (Å²) >= 11 is 12.0. The second kappa shape index (κ2) is 10.4. The summed E-state index contributed by atoms with van der Waals surface area (Å²) in [6.07, 6.45) is 4.23. The maximum atomic E-state index is 14.0. The summed E-state index contributed by atoms with van der Waals surface area (Å²) in [5, 5.41) is 3.69. The average molecular weight is 492 g/mol. The molecule has 0 spiro atoms. The number of rotatable bonds is 5. The summed E-state index contributed by atoms with van der Waals surface area (Å²) in [4.78, 5) is 30.2. The molecule has 1 saturated heterocycles. The van der Waals surface area contributed by atoms with E-state index in [4.69, 9.17) is 23.2 Å². The number of hydrogen-bond acceptors (Lipinski definition) is 3. The van der Waals surface area contributed by atoms with Gasteiger partial charge in [-0.2, -0.15) is 0 Å². The standard InChI is InChI=1S/C25H28Cl2FN3O2/c1-16-6-8-19(15-22(16)28)29-24(32)23(17-4-2-3-5-17)30-10-12-31(13-11-30)25(33)18-7-9-20(26)21(27)14-18/h6-9,14-15,17,23H,2-5,10-13H2,1H3,(H,29,32). The molecule has 2 aromatic carbocycles. The first kappa shape index (κ1) is 24.0. The van der Waals surface area contributed by atoms with Crippen molar-refractivity contribution in [2.75, 3.05) is 31.5 Å². The number of nitrogens with one attached hydrogen (secondary N) is 1. The molecule has 8 heteroatoms. The average Bonchev–Trinajstić information content (AvgIpc) is 3.32. The highest BCUT2D eigenvalue weighted by atomic mass is 35.5. The molecule has 1 aliphatic heterocycles. The van der Waals surface area contributed by atoms with Gasteiger partial charge in [0.2, 0.25) is 5.91 Å². The topological polar surface area (TPSA) is 52.7 Å². The van der Waals surface area contributed by atoms with Crippen LogP contribution in [0.5, 0.6) is 0 Å². The van der Waals surface area contributed by atoms with Crippen LogP contribution in [0.15, 0.2) is 36.4 Å². The fraction of sp³-hybridized carbons (Fsp3) is 0.440. The number of carbonyl (C=O) groups is 2. The van der Waals surface area contributed by atoms with Crippen LogP contribution in [0.3, 0.4) is 0 Å². The van der Waals surface area contributed by atoms with E-state index in [0.29, 0.717) is 53.0 Å². The molecule has 0 radical (unpaired) electrons. The molecule has 5 nitrogen and oxygen atoms in total. The SMILES string of the molecule is Cc1ccc(NC(=O)C(C2CCCC2)N2CCN(C(=O)c3ccc(Cl)c(Cl)c3)CC2)cc1F. The number of benzene rings is 2. The minimum atomic E-state index is -0.334. The molecule has 1 aliphatic carbocycles. The van der Waals surface area contributed by atoms with E-state index in [0.717, 1.165) is 25.7 Å². The monoisotopic (exact) mass is 491 g/mol. The molecule has 2 aromatic rings. The van der Waals surface area contributed by atoms with Gasteiger partial charge in [0.15, 0.2) is 0 Å². The molecule has 1 saturated carbocycles. The molecular weight excluding hydrogens is 464 g/mol. The third-order valence-electron chi connectivity index (χ3n) is 6.72. The van der Waals surface area contributed by atoms with Crippen LogP contribution in [-0.2, 0) is 4.79 Å². The maximum Gasteiger partial charge on any atom is 0.253 e. The minimum Gasteiger partial charge on any atom is -0.336 e. The van der Waals surface area contributed by atoms with Crippen molar-refractivity contribution in [1.29, 1.82) is 0 Å². The third kappa shape index (κ3) is 5.51. The van der Waals surface area contributed by atoms with Gasteiger partial charge in [-0.25, -0.2) is 4.39 Å². The van der Waals surface area contributed by atoms with Crippen LogP contribution in [0, 0.1) is 18.7 Å².